The highest BCUT2D eigenvalue weighted by Crippen LogP contribution is 2.35. The summed E-state index contributed by atoms with van der Waals surface area (Å²) in [5.74, 6) is 2.49. The number of nitrogens with zero attached hydrogens (tertiary/aromatic N) is 2. The summed E-state index contributed by atoms with van der Waals surface area (Å²) in [7, 11) is 1.99. The fraction of sp³-hybridized carbons (Fsp3) is 0.769. The Morgan fingerprint density at radius 1 is 1.59 bits per heavy atom. The molecule has 2 rings (SSSR count). The van der Waals surface area contributed by atoms with E-state index < -0.39 is 0 Å². The van der Waals surface area contributed by atoms with Crippen molar-refractivity contribution in [1.29, 1.82) is 0 Å². The van der Waals surface area contributed by atoms with Crippen LogP contribution in [0.4, 0.5) is 5.69 Å². The van der Waals surface area contributed by atoms with Gasteiger partial charge in [0, 0.05) is 25.0 Å². The highest BCUT2D eigenvalue weighted by molar-refractivity contribution is 7.99. The first-order valence-corrected chi connectivity index (χ1v) is 7.52. The molecule has 2 heterocycles. The van der Waals surface area contributed by atoms with Gasteiger partial charge in [0.15, 0.2) is 0 Å². The van der Waals surface area contributed by atoms with Gasteiger partial charge in [0.05, 0.1) is 11.4 Å². The van der Waals surface area contributed by atoms with Crippen LogP contribution in [-0.2, 0) is 13.5 Å². The number of aryl methyl sites for hydroxylation is 2. The summed E-state index contributed by atoms with van der Waals surface area (Å²) in [6.07, 6.45) is 4.34. The van der Waals surface area contributed by atoms with Crippen molar-refractivity contribution in [2.45, 2.75) is 39.7 Å². The maximum absolute atomic E-state index is 4.48. The van der Waals surface area contributed by atoms with E-state index in [9.17, 15) is 0 Å². The number of thioether (sulfide) groups is 1. The Morgan fingerprint density at radius 3 is 3.00 bits per heavy atom. The smallest absolute Gasteiger partial charge is 0.0853 e. The van der Waals surface area contributed by atoms with Gasteiger partial charge in [0.25, 0.3) is 0 Å². The molecule has 0 amide bonds. The van der Waals surface area contributed by atoms with Crippen molar-refractivity contribution in [2.75, 3.05) is 16.8 Å². The van der Waals surface area contributed by atoms with Crippen LogP contribution in [0.2, 0.25) is 0 Å². The molecule has 17 heavy (non-hydrogen) atoms. The molecule has 3 nitrogen and oxygen atoms in total. The highest BCUT2D eigenvalue weighted by Gasteiger charge is 2.28. The zero-order valence-electron chi connectivity index (χ0n) is 11.3. The van der Waals surface area contributed by atoms with Crippen LogP contribution in [0.3, 0.4) is 0 Å². The molecule has 96 valence electrons. The summed E-state index contributed by atoms with van der Waals surface area (Å²) in [5.41, 5.74) is 2.86. The molecule has 1 aromatic rings. The molecule has 1 N–H and O–H groups in total. The molecule has 1 aromatic heterocycles. The van der Waals surface area contributed by atoms with E-state index in [2.05, 4.69) is 49.1 Å². The van der Waals surface area contributed by atoms with Crippen molar-refractivity contribution < 1.29 is 0 Å². The van der Waals surface area contributed by atoms with E-state index in [1.165, 1.54) is 29.3 Å². The molecular weight excluding hydrogens is 230 g/mol. The summed E-state index contributed by atoms with van der Waals surface area (Å²) < 4.78 is 1.91. The molecule has 1 unspecified atom stereocenters. The largest absolute Gasteiger partial charge is 0.379 e. The van der Waals surface area contributed by atoms with Crippen molar-refractivity contribution in [3.05, 3.63) is 11.9 Å². The molecule has 1 aliphatic rings. The third-order valence-corrected chi connectivity index (χ3v) is 4.83. The molecule has 4 heteroatoms. The minimum atomic E-state index is 0.454. The molecule has 0 bridgehead atoms. The number of aromatic nitrogens is 2. The number of rotatable bonds is 3. The van der Waals surface area contributed by atoms with Crippen LogP contribution in [0, 0.1) is 5.41 Å². The van der Waals surface area contributed by atoms with Crippen molar-refractivity contribution in [2.24, 2.45) is 12.5 Å². The molecule has 1 aliphatic heterocycles. The Balaban J connectivity index is 2.04. The van der Waals surface area contributed by atoms with Gasteiger partial charge in [-0.05, 0) is 24.0 Å². The van der Waals surface area contributed by atoms with Crippen LogP contribution in [0.25, 0.3) is 0 Å². The minimum Gasteiger partial charge on any atom is -0.379 e. The maximum atomic E-state index is 4.48. The average molecular weight is 253 g/mol. The normalized spacial score (nSPS) is 23.6. The van der Waals surface area contributed by atoms with Gasteiger partial charge in [0.1, 0.15) is 0 Å². The topological polar surface area (TPSA) is 29.9 Å². The predicted octanol–water partition coefficient (Wildman–Crippen LogP) is 2.93. The van der Waals surface area contributed by atoms with E-state index in [4.69, 9.17) is 0 Å². The summed E-state index contributed by atoms with van der Waals surface area (Å²) >= 11 is 2.06. The molecular formula is C13H23N3S. The standard InChI is InChI=1S/C13H23N3S/c1-5-11-12(7-16(4)15-11)14-10-6-13(2,3)9-17-8-10/h7,10,14H,5-6,8-9H2,1-4H3. The highest BCUT2D eigenvalue weighted by atomic mass is 32.2. The number of hydrogen-bond donors (Lipinski definition) is 1. The summed E-state index contributed by atoms with van der Waals surface area (Å²) in [4.78, 5) is 0. The molecule has 1 fully saturated rings. The summed E-state index contributed by atoms with van der Waals surface area (Å²) in [5, 5.41) is 8.15. The first-order chi connectivity index (χ1) is 8.00. The fourth-order valence-electron chi connectivity index (χ4n) is 2.49. The SMILES string of the molecule is CCc1nn(C)cc1NC1CSCC(C)(C)C1. The van der Waals surface area contributed by atoms with Crippen LogP contribution >= 0.6 is 11.8 Å². The lowest BCUT2D eigenvalue weighted by Gasteiger charge is -2.35. The third kappa shape index (κ3) is 3.18. The summed E-state index contributed by atoms with van der Waals surface area (Å²) in [6, 6.07) is 0.582. The fourth-order valence-corrected chi connectivity index (χ4v) is 3.77. The Bertz CT molecular complexity index is 384. The van der Waals surface area contributed by atoms with Gasteiger partial charge in [-0.1, -0.05) is 20.8 Å². The number of hydrogen-bond acceptors (Lipinski definition) is 3. The summed E-state index contributed by atoms with van der Waals surface area (Å²) in [6.45, 7) is 6.88. The predicted molar refractivity (Wildman–Crippen MR) is 75.7 cm³/mol. The second kappa shape index (κ2) is 4.92. The molecule has 0 radical (unpaired) electrons. The lowest BCUT2D eigenvalue weighted by atomic mass is 9.88. The Hall–Kier alpha value is -0.640. The quantitative estimate of drug-likeness (QED) is 0.898. The minimum absolute atomic E-state index is 0.454. The zero-order chi connectivity index (χ0) is 12.5. The van der Waals surface area contributed by atoms with E-state index in [0.717, 1.165) is 6.42 Å². The van der Waals surface area contributed by atoms with E-state index in [1.807, 2.05) is 11.7 Å². The Kier molecular flexibility index (Phi) is 3.71. The van der Waals surface area contributed by atoms with Gasteiger partial charge in [-0.3, -0.25) is 4.68 Å². The average Bonchev–Trinajstić information content (AvgIpc) is 2.57. The van der Waals surface area contributed by atoms with Gasteiger partial charge in [-0.15, -0.1) is 0 Å². The molecule has 1 atom stereocenters. The van der Waals surface area contributed by atoms with Crippen LogP contribution in [0.15, 0.2) is 6.20 Å². The first-order valence-electron chi connectivity index (χ1n) is 6.37. The lowest BCUT2D eigenvalue weighted by molar-refractivity contribution is 0.358. The van der Waals surface area contributed by atoms with Crippen molar-refractivity contribution in [3.8, 4) is 0 Å². The Labute approximate surface area is 108 Å². The van der Waals surface area contributed by atoms with Gasteiger partial charge in [-0.25, -0.2) is 0 Å². The van der Waals surface area contributed by atoms with Gasteiger partial charge in [-0.2, -0.15) is 16.9 Å². The third-order valence-electron chi connectivity index (χ3n) is 3.21. The van der Waals surface area contributed by atoms with Crippen LogP contribution < -0.4 is 5.32 Å². The van der Waals surface area contributed by atoms with E-state index in [-0.39, 0.29) is 0 Å². The van der Waals surface area contributed by atoms with Crippen molar-refractivity contribution >= 4 is 17.4 Å². The van der Waals surface area contributed by atoms with E-state index >= 15 is 0 Å². The van der Waals surface area contributed by atoms with Crippen molar-refractivity contribution in [1.82, 2.24) is 9.78 Å². The maximum Gasteiger partial charge on any atom is 0.0853 e. The van der Waals surface area contributed by atoms with Gasteiger partial charge >= 0.3 is 0 Å². The molecule has 0 aromatic carbocycles. The van der Waals surface area contributed by atoms with Crippen molar-refractivity contribution in [3.63, 3.8) is 0 Å². The lowest BCUT2D eigenvalue weighted by Crippen LogP contribution is -2.35. The van der Waals surface area contributed by atoms with Crippen LogP contribution in [0.5, 0.6) is 0 Å². The van der Waals surface area contributed by atoms with E-state index in [1.54, 1.807) is 0 Å². The van der Waals surface area contributed by atoms with Crippen LogP contribution in [0.1, 0.15) is 32.9 Å². The molecule has 0 aliphatic carbocycles. The van der Waals surface area contributed by atoms with Crippen LogP contribution in [-0.4, -0.2) is 27.3 Å². The molecule has 0 spiro atoms. The van der Waals surface area contributed by atoms with E-state index in [0.29, 0.717) is 11.5 Å². The second-order valence-electron chi connectivity index (χ2n) is 5.74. The van der Waals surface area contributed by atoms with Gasteiger partial charge < -0.3 is 5.32 Å². The monoisotopic (exact) mass is 253 g/mol. The molecule has 0 saturated carbocycles. The number of nitrogens with one attached hydrogen (secondary N) is 1. The first kappa shape index (κ1) is 12.8. The zero-order valence-corrected chi connectivity index (χ0v) is 12.1. The second-order valence-corrected chi connectivity index (χ2v) is 6.77. The van der Waals surface area contributed by atoms with Gasteiger partial charge in [0.2, 0.25) is 0 Å². The molecule has 1 saturated heterocycles. The number of anilines is 1. The Morgan fingerprint density at radius 2 is 2.35 bits per heavy atom.